The lowest BCUT2D eigenvalue weighted by Crippen LogP contribution is -2.51. The molecule has 2 aliphatic heterocycles. The number of carbonyl (C=O) groups is 1. The van der Waals surface area contributed by atoms with Gasteiger partial charge in [0.05, 0.1) is 17.6 Å². The van der Waals surface area contributed by atoms with Crippen molar-refractivity contribution in [3.05, 3.63) is 47.1 Å². The summed E-state index contributed by atoms with van der Waals surface area (Å²) in [5.74, 6) is 0.399. The predicted octanol–water partition coefficient (Wildman–Crippen LogP) is 4.33. The van der Waals surface area contributed by atoms with Crippen LogP contribution in [0.3, 0.4) is 0 Å². The second kappa shape index (κ2) is 9.97. The van der Waals surface area contributed by atoms with Gasteiger partial charge in [-0.2, -0.15) is 23.4 Å². The number of aliphatic hydroxyl groups is 1. The van der Waals surface area contributed by atoms with Gasteiger partial charge in [-0.15, -0.1) is 0 Å². The van der Waals surface area contributed by atoms with E-state index in [0.29, 0.717) is 63.6 Å². The van der Waals surface area contributed by atoms with E-state index in [-0.39, 0.29) is 35.8 Å². The first-order chi connectivity index (χ1) is 17.7. The summed E-state index contributed by atoms with van der Waals surface area (Å²) in [5.41, 5.74) is -0.166. The molecule has 198 valence electrons. The summed E-state index contributed by atoms with van der Waals surface area (Å²) < 4.78 is 44.9. The normalized spacial score (nSPS) is 24.1. The third-order valence-electron chi connectivity index (χ3n) is 8.04. The molecule has 2 saturated heterocycles. The fourth-order valence-electron chi connectivity index (χ4n) is 5.43. The lowest BCUT2D eigenvalue weighted by atomic mass is 9.84. The van der Waals surface area contributed by atoms with Crippen molar-refractivity contribution in [2.45, 2.75) is 56.5 Å². The molecule has 5 rings (SSSR count). The van der Waals surface area contributed by atoms with Gasteiger partial charge in [-0.05, 0) is 49.8 Å². The molecule has 3 heterocycles. The highest BCUT2D eigenvalue weighted by molar-refractivity contribution is 5.75. The molecule has 1 saturated carbocycles. The second-order valence-electron chi connectivity index (χ2n) is 10.7. The van der Waals surface area contributed by atoms with Crippen molar-refractivity contribution in [2.24, 2.45) is 11.3 Å². The van der Waals surface area contributed by atoms with Gasteiger partial charge < -0.3 is 19.4 Å². The van der Waals surface area contributed by atoms with E-state index in [1.54, 1.807) is 9.80 Å². The predicted molar refractivity (Wildman–Crippen MR) is 125 cm³/mol. The molecule has 2 unspecified atom stereocenters. The number of likely N-dealkylation sites (tertiary alicyclic amines) is 2. The molecule has 2 aromatic rings. The Morgan fingerprint density at radius 3 is 2.41 bits per heavy atom. The number of hydrogen-bond donors (Lipinski definition) is 1. The highest BCUT2D eigenvalue weighted by Gasteiger charge is 2.44. The largest absolute Gasteiger partial charge is 0.416 e. The van der Waals surface area contributed by atoms with Gasteiger partial charge in [-0.1, -0.05) is 17.3 Å². The summed E-state index contributed by atoms with van der Waals surface area (Å²) in [5, 5.41) is 22.9. The van der Waals surface area contributed by atoms with Crippen LogP contribution < -0.4 is 0 Å². The van der Waals surface area contributed by atoms with Crippen LogP contribution in [-0.2, 0) is 12.6 Å². The third kappa shape index (κ3) is 5.59. The number of amides is 2. The van der Waals surface area contributed by atoms with Gasteiger partial charge in [0, 0.05) is 56.5 Å². The summed E-state index contributed by atoms with van der Waals surface area (Å²) in [4.78, 5) is 21.5. The minimum atomic E-state index is -4.42. The Kier molecular flexibility index (Phi) is 6.88. The number of rotatable bonds is 5. The number of nitriles is 1. The van der Waals surface area contributed by atoms with E-state index in [0.717, 1.165) is 30.5 Å². The second-order valence-corrected chi connectivity index (χ2v) is 10.7. The Morgan fingerprint density at radius 2 is 1.81 bits per heavy atom. The molecule has 1 N–H and O–H groups in total. The Balaban J connectivity index is 1.36. The van der Waals surface area contributed by atoms with E-state index < -0.39 is 11.7 Å². The summed E-state index contributed by atoms with van der Waals surface area (Å²) in [6.45, 7) is 1.80. The number of benzene rings is 1. The summed E-state index contributed by atoms with van der Waals surface area (Å²) in [6, 6.07) is 7.24. The molecule has 3 aliphatic rings. The van der Waals surface area contributed by atoms with Crippen molar-refractivity contribution in [2.75, 3.05) is 32.8 Å². The van der Waals surface area contributed by atoms with Crippen LogP contribution in [0.2, 0.25) is 0 Å². The smallest absolute Gasteiger partial charge is 0.396 e. The maximum absolute atomic E-state index is 13.5. The van der Waals surface area contributed by atoms with Crippen LogP contribution in [0.1, 0.15) is 66.8 Å². The fourth-order valence-corrected chi connectivity index (χ4v) is 5.43. The van der Waals surface area contributed by atoms with E-state index in [9.17, 15) is 28.3 Å². The minimum absolute atomic E-state index is 0.0523. The Bertz CT molecular complexity index is 1150. The van der Waals surface area contributed by atoms with Crippen LogP contribution in [0.15, 0.2) is 28.8 Å². The van der Waals surface area contributed by atoms with E-state index in [1.807, 2.05) is 0 Å². The lowest BCUT2D eigenvalue weighted by molar-refractivity contribution is -0.137. The van der Waals surface area contributed by atoms with Crippen molar-refractivity contribution >= 4 is 6.03 Å². The molecule has 37 heavy (non-hydrogen) atoms. The van der Waals surface area contributed by atoms with Gasteiger partial charge in [0.1, 0.15) is 0 Å². The number of nitrogens with zero attached hydrogens (tertiary/aromatic N) is 5. The van der Waals surface area contributed by atoms with Gasteiger partial charge in [0.2, 0.25) is 5.89 Å². The molecule has 1 aromatic heterocycles. The first kappa shape index (κ1) is 25.5. The molecule has 0 bridgehead atoms. The number of urea groups is 1. The summed E-state index contributed by atoms with van der Waals surface area (Å²) in [7, 11) is 0. The number of alkyl halides is 3. The van der Waals surface area contributed by atoms with Gasteiger partial charge in [-0.25, -0.2) is 4.79 Å². The Morgan fingerprint density at radius 1 is 1.14 bits per heavy atom. The highest BCUT2D eigenvalue weighted by Crippen LogP contribution is 2.47. The van der Waals surface area contributed by atoms with Crippen molar-refractivity contribution < 1.29 is 27.6 Å². The Labute approximate surface area is 213 Å². The van der Waals surface area contributed by atoms with E-state index >= 15 is 0 Å². The molecule has 8 nitrogen and oxygen atoms in total. The summed E-state index contributed by atoms with van der Waals surface area (Å²) in [6.07, 6.45) is -0.256. The molecule has 0 spiro atoms. The standard InChI is InChI=1S/C26H30F3N5O3/c27-26(28,29)21-3-1-18(2-4-21)19-11-20(23-31-22(32-37-23)12-25(16-35)7-8-25)15-34(14-19)24(36)33-9-5-17(13-30)6-10-33/h1-4,17,19-20,35H,5-12,14-16H2. The molecule has 11 heteroatoms. The van der Waals surface area contributed by atoms with E-state index in [4.69, 9.17) is 4.52 Å². The molecule has 3 fully saturated rings. The topological polar surface area (TPSA) is 106 Å². The SMILES string of the molecule is N#CC1CCN(C(=O)N2CC(c3ccc(C(F)(F)F)cc3)CC(c3nc(CC4(CO)CC4)no3)C2)CC1. The van der Waals surface area contributed by atoms with Crippen LogP contribution in [0.25, 0.3) is 0 Å². The number of aromatic nitrogens is 2. The fraction of sp³-hybridized carbons (Fsp3) is 0.615. The maximum atomic E-state index is 13.5. The molecule has 0 radical (unpaired) electrons. The van der Waals surface area contributed by atoms with Crippen LogP contribution in [0.4, 0.5) is 18.0 Å². The number of aliphatic hydroxyl groups excluding tert-OH is 1. The average molecular weight is 518 g/mol. The minimum Gasteiger partial charge on any atom is -0.396 e. The van der Waals surface area contributed by atoms with Gasteiger partial charge >= 0.3 is 12.2 Å². The quantitative estimate of drug-likeness (QED) is 0.633. The van der Waals surface area contributed by atoms with Gasteiger partial charge in [-0.3, -0.25) is 0 Å². The van der Waals surface area contributed by atoms with Crippen LogP contribution in [-0.4, -0.2) is 63.9 Å². The molecular weight excluding hydrogens is 487 g/mol. The maximum Gasteiger partial charge on any atom is 0.416 e. The Hall–Kier alpha value is -3.13. The van der Waals surface area contributed by atoms with Gasteiger partial charge in [0.15, 0.2) is 5.82 Å². The van der Waals surface area contributed by atoms with E-state index in [1.165, 1.54) is 12.1 Å². The zero-order valence-corrected chi connectivity index (χ0v) is 20.5. The average Bonchev–Trinajstić information content (AvgIpc) is 3.54. The lowest BCUT2D eigenvalue weighted by Gasteiger charge is -2.40. The molecule has 1 aliphatic carbocycles. The number of carbonyl (C=O) groups excluding carboxylic acids is 1. The zero-order valence-electron chi connectivity index (χ0n) is 20.5. The molecule has 2 atom stereocenters. The first-order valence-electron chi connectivity index (χ1n) is 12.7. The number of halogens is 3. The van der Waals surface area contributed by atoms with Crippen molar-refractivity contribution in [3.8, 4) is 6.07 Å². The van der Waals surface area contributed by atoms with Crippen molar-refractivity contribution in [1.82, 2.24) is 19.9 Å². The van der Waals surface area contributed by atoms with Crippen molar-refractivity contribution in [1.29, 1.82) is 5.26 Å². The van der Waals surface area contributed by atoms with Crippen LogP contribution in [0.5, 0.6) is 0 Å². The first-order valence-corrected chi connectivity index (χ1v) is 12.7. The van der Waals surface area contributed by atoms with E-state index in [2.05, 4.69) is 16.2 Å². The number of hydrogen-bond acceptors (Lipinski definition) is 6. The summed E-state index contributed by atoms with van der Waals surface area (Å²) >= 11 is 0. The highest BCUT2D eigenvalue weighted by atomic mass is 19.4. The molecular formula is C26H30F3N5O3. The molecule has 2 amide bonds. The molecule has 1 aromatic carbocycles. The van der Waals surface area contributed by atoms with Gasteiger partial charge in [0.25, 0.3) is 0 Å². The van der Waals surface area contributed by atoms with Crippen LogP contribution >= 0.6 is 0 Å². The van der Waals surface area contributed by atoms with Crippen molar-refractivity contribution in [3.63, 3.8) is 0 Å². The third-order valence-corrected chi connectivity index (χ3v) is 8.04. The monoisotopic (exact) mass is 517 g/mol. The zero-order chi connectivity index (χ0) is 26.2. The number of piperidine rings is 2. The van der Waals surface area contributed by atoms with Crippen LogP contribution in [0, 0.1) is 22.7 Å².